The van der Waals surface area contributed by atoms with Crippen molar-refractivity contribution in [3.05, 3.63) is 35.9 Å². The van der Waals surface area contributed by atoms with Crippen LogP contribution < -0.4 is 11.1 Å². The van der Waals surface area contributed by atoms with Gasteiger partial charge in [0.15, 0.2) is 0 Å². The van der Waals surface area contributed by atoms with E-state index in [1.54, 1.807) is 0 Å². The molecule has 1 aromatic carbocycles. The number of carbonyl (C=O) groups excluding carboxylic acids is 1. The Labute approximate surface area is 132 Å². The number of carbonyl (C=O) groups is 1. The van der Waals surface area contributed by atoms with E-state index in [1.807, 2.05) is 44.2 Å². The average molecular weight is 308 g/mol. The van der Waals surface area contributed by atoms with E-state index in [-0.39, 0.29) is 17.0 Å². The van der Waals surface area contributed by atoms with Crippen LogP contribution in [-0.4, -0.2) is 30.2 Å². The smallest absolute Gasteiger partial charge is 0.234 e. The van der Waals surface area contributed by atoms with E-state index in [1.165, 1.54) is 0 Å². The molecule has 0 radical (unpaired) electrons. The van der Waals surface area contributed by atoms with Crippen molar-refractivity contribution in [3.63, 3.8) is 0 Å². The normalized spacial score (nSPS) is 12.1. The van der Waals surface area contributed by atoms with Crippen molar-refractivity contribution in [1.82, 2.24) is 5.32 Å². The van der Waals surface area contributed by atoms with Crippen LogP contribution in [0.1, 0.15) is 38.2 Å². The van der Waals surface area contributed by atoms with Crippen LogP contribution in [0.5, 0.6) is 0 Å². The number of hydrogen-bond donors (Lipinski definition) is 2. The molecule has 1 aromatic rings. The molecule has 0 aliphatic carbocycles. The molecule has 0 aliphatic heterocycles. The van der Waals surface area contributed by atoms with E-state index >= 15 is 0 Å². The summed E-state index contributed by atoms with van der Waals surface area (Å²) < 4.78 is 5.45. The van der Waals surface area contributed by atoms with Gasteiger partial charge in [-0.15, -0.1) is 0 Å². The first-order chi connectivity index (χ1) is 10.0. The minimum Gasteiger partial charge on any atom is -0.392 e. The highest BCUT2D eigenvalue weighted by Gasteiger charge is 2.22. The Kier molecular flexibility index (Phi) is 7.93. The van der Waals surface area contributed by atoms with Crippen molar-refractivity contribution >= 4 is 23.1 Å². The third kappa shape index (κ3) is 6.69. The molecule has 0 spiro atoms. The quantitative estimate of drug-likeness (QED) is 0.543. The van der Waals surface area contributed by atoms with Crippen molar-refractivity contribution < 1.29 is 9.53 Å². The zero-order chi connectivity index (χ0) is 15.7. The summed E-state index contributed by atoms with van der Waals surface area (Å²) in [5.41, 5.74) is 6.53. The SMILES string of the molecule is CC(C)OCCCCNC(=O)C(C(N)=S)c1ccccc1. The summed E-state index contributed by atoms with van der Waals surface area (Å²) in [6, 6.07) is 9.36. The fourth-order valence-corrected chi connectivity index (χ4v) is 2.19. The lowest BCUT2D eigenvalue weighted by Gasteiger charge is -2.16. The van der Waals surface area contributed by atoms with Crippen molar-refractivity contribution in [3.8, 4) is 0 Å². The van der Waals surface area contributed by atoms with Gasteiger partial charge in [0.2, 0.25) is 5.91 Å². The molecule has 21 heavy (non-hydrogen) atoms. The average Bonchev–Trinajstić information content (AvgIpc) is 2.43. The zero-order valence-corrected chi connectivity index (χ0v) is 13.5. The van der Waals surface area contributed by atoms with Crippen molar-refractivity contribution in [2.24, 2.45) is 5.73 Å². The minimum atomic E-state index is -0.562. The number of hydrogen-bond acceptors (Lipinski definition) is 3. The maximum Gasteiger partial charge on any atom is 0.234 e. The van der Waals surface area contributed by atoms with Gasteiger partial charge in [-0.3, -0.25) is 4.79 Å². The van der Waals surface area contributed by atoms with Crippen molar-refractivity contribution in [2.45, 2.75) is 38.7 Å². The third-order valence-corrected chi connectivity index (χ3v) is 3.24. The summed E-state index contributed by atoms with van der Waals surface area (Å²) in [4.78, 5) is 12.4. The van der Waals surface area contributed by atoms with Gasteiger partial charge >= 0.3 is 0 Å². The number of benzene rings is 1. The molecule has 0 aromatic heterocycles. The number of thiocarbonyl (C=S) groups is 1. The Morgan fingerprint density at radius 1 is 1.29 bits per heavy atom. The molecule has 1 atom stereocenters. The summed E-state index contributed by atoms with van der Waals surface area (Å²) in [7, 11) is 0. The van der Waals surface area contributed by atoms with Crippen LogP contribution in [0.4, 0.5) is 0 Å². The Morgan fingerprint density at radius 2 is 1.95 bits per heavy atom. The van der Waals surface area contributed by atoms with Crippen molar-refractivity contribution in [1.29, 1.82) is 0 Å². The third-order valence-electron chi connectivity index (χ3n) is 3.00. The molecule has 5 heteroatoms. The monoisotopic (exact) mass is 308 g/mol. The van der Waals surface area contributed by atoms with E-state index in [4.69, 9.17) is 22.7 Å². The van der Waals surface area contributed by atoms with E-state index < -0.39 is 5.92 Å². The zero-order valence-electron chi connectivity index (χ0n) is 12.7. The standard InChI is InChI=1S/C16H24N2O2S/c1-12(2)20-11-7-6-10-18-16(19)14(15(17)21)13-8-4-3-5-9-13/h3-5,8-9,12,14H,6-7,10-11H2,1-2H3,(H2,17,21)(H,18,19). The Bertz CT molecular complexity index is 449. The van der Waals surface area contributed by atoms with Gasteiger partial charge in [-0.25, -0.2) is 0 Å². The fourth-order valence-electron chi connectivity index (χ4n) is 1.95. The van der Waals surface area contributed by atoms with Gasteiger partial charge in [-0.1, -0.05) is 42.5 Å². The number of amides is 1. The summed E-state index contributed by atoms with van der Waals surface area (Å²) in [5.74, 6) is -0.702. The molecule has 0 heterocycles. The lowest BCUT2D eigenvalue weighted by molar-refractivity contribution is -0.121. The number of rotatable bonds is 9. The van der Waals surface area contributed by atoms with Gasteiger partial charge in [0.1, 0.15) is 5.92 Å². The molecular formula is C16H24N2O2S. The van der Waals surface area contributed by atoms with Crippen LogP contribution in [0.3, 0.4) is 0 Å². The van der Waals surface area contributed by atoms with Crippen molar-refractivity contribution in [2.75, 3.05) is 13.2 Å². The second-order valence-corrected chi connectivity index (χ2v) is 5.64. The van der Waals surface area contributed by atoms with Crippen LogP contribution in [-0.2, 0) is 9.53 Å². The highest BCUT2D eigenvalue weighted by Crippen LogP contribution is 2.16. The van der Waals surface area contributed by atoms with E-state index in [0.29, 0.717) is 13.2 Å². The van der Waals surface area contributed by atoms with Crippen LogP contribution in [0.15, 0.2) is 30.3 Å². The molecule has 0 fully saturated rings. The molecule has 0 aliphatic rings. The lowest BCUT2D eigenvalue weighted by Crippen LogP contribution is -2.36. The van der Waals surface area contributed by atoms with E-state index in [2.05, 4.69) is 5.32 Å². The van der Waals surface area contributed by atoms with E-state index in [0.717, 1.165) is 18.4 Å². The number of ether oxygens (including phenoxy) is 1. The van der Waals surface area contributed by atoms with Crippen LogP contribution in [0.2, 0.25) is 0 Å². The van der Waals surface area contributed by atoms with Crippen LogP contribution in [0.25, 0.3) is 0 Å². The molecule has 0 bridgehead atoms. The number of nitrogens with two attached hydrogens (primary N) is 1. The van der Waals surface area contributed by atoms with Crippen LogP contribution >= 0.6 is 12.2 Å². The number of unbranched alkanes of at least 4 members (excludes halogenated alkanes) is 1. The molecule has 4 nitrogen and oxygen atoms in total. The maximum absolute atomic E-state index is 12.2. The molecule has 0 saturated carbocycles. The molecule has 3 N–H and O–H groups in total. The highest BCUT2D eigenvalue weighted by molar-refractivity contribution is 7.80. The molecule has 1 unspecified atom stereocenters. The van der Waals surface area contributed by atoms with Gasteiger partial charge in [-0.2, -0.15) is 0 Å². The predicted molar refractivity (Wildman–Crippen MR) is 89.3 cm³/mol. The summed E-state index contributed by atoms with van der Waals surface area (Å²) >= 11 is 5.02. The minimum absolute atomic E-state index is 0.140. The topological polar surface area (TPSA) is 64.3 Å². The molecule has 116 valence electrons. The first kappa shape index (κ1) is 17.6. The summed E-state index contributed by atoms with van der Waals surface area (Å²) in [6.07, 6.45) is 2.04. The molecule has 1 amide bonds. The second-order valence-electron chi connectivity index (χ2n) is 5.16. The van der Waals surface area contributed by atoms with Gasteiger partial charge in [0.25, 0.3) is 0 Å². The Hall–Kier alpha value is -1.46. The summed E-state index contributed by atoms with van der Waals surface area (Å²) in [5, 5.41) is 2.89. The second kappa shape index (κ2) is 9.47. The van der Waals surface area contributed by atoms with E-state index in [9.17, 15) is 4.79 Å². The predicted octanol–water partition coefficient (Wildman–Crippen LogP) is 2.38. The van der Waals surface area contributed by atoms with Gasteiger partial charge < -0.3 is 15.8 Å². The van der Waals surface area contributed by atoms with Gasteiger partial charge in [0, 0.05) is 13.2 Å². The first-order valence-corrected chi connectivity index (χ1v) is 7.66. The lowest BCUT2D eigenvalue weighted by atomic mass is 9.98. The van der Waals surface area contributed by atoms with Gasteiger partial charge in [0.05, 0.1) is 11.1 Å². The van der Waals surface area contributed by atoms with Gasteiger partial charge in [-0.05, 0) is 32.3 Å². The largest absolute Gasteiger partial charge is 0.392 e. The van der Waals surface area contributed by atoms with Crippen LogP contribution in [0, 0.1) is 0 Å². The molecule has 1 rings (SSSR count). The Balaban J connectivity index is 2.40. The Morgan fingerprint density at radius 3 is 2.52 bits per heavy atom. The molecule has 0 saturated heterocycles. The highest BCUT2D eigenvalue weighted by atomic mass is 32.1. The maximum atomic E-state index is 12.2. The first-order valence-electron chi connectivity index (χ1n) is 7.26. The number of nitrogens with one attached hydrogen (secondary N) is 1. The fraction of sp³-hybridized carbons (Fsp3) is 0.500. The summed E-state index contributed by atoms with van der Waals surface area (Å²) in [6.45, 7) is 5.33. The molecular weight excluding hydrogens is 284 g/mol.